The van der Waals surface area contributed by atoms with Crippen molar-refractivity contribution in [3.63, 3.8) is 0 Å². The Kier molecular flexibility index (Phi) is 6.89. The number of aliphatic imine (C=N–C) groups is 1. The first-order valence-electron chi connectivity index (χ1n) is 4.88. The van der Waals surface area contributed by atoms with Crippen molar-refractivity contribution in [2.75, 3.05) is 7.05 Å². The van der Waals surface area contributed by atoms with Gasteiger partial charge in [-0.25, -0.2) is 4.98 Å². The zero-order chi connectivity index (χ0) is 11.3. The molecular formula is C10H19IN4S. The Hall–Kier alpha value is -0.370. The van der Waals surface area contributed by atoms with Crippen LogP contribution in [0.1, 0.15) is 25.8 Å². The zero-order valence-electron chi connectivity index (χ0n) is 10.1. The summed E-state index contributed by atoms with van der Waals surface area (Å²) in [5.74, 6) is 0.803. The Bertz CT molecular complexity index is 316. The van der Waals surface area contributed by atoms with E-state index in [0.29, 0.717) is 6.54 Å². The van der Waals surface area contributed by atoms with E-state index < -0.39 is 0 Å². The minimum atomic E-state index is 0. The molecule has 4 nitrogen and oxygen atoms in total. The van der Waals surface area contributed by atoms with Crippen LogP contribution in [0.2, 0.25) is 0 Å². The van der Waals surface area contributed by atoms with Gasteiger partial charge in [-0.05, 0) is 20.8 Å². The maximum Gasteiger partial charge on any atom is 0.191 e. The van der Waals surface area contributed by atoms with Crippen LogP contribution in [0.3, 0.4) is 0 Å². The van der Waals surface area contributed by atoms with Gasteiger partial charge in [-0.15, -0.1) is 35.3 Å². The van der Waals surface area contributed by atoms with E-state index in [0.717, 1.165) is 11.0 Å². The summed E-state index contributed by atoms with van der Waals surface area (Å²) in [5.41, 5.74) is 0.0186. The van der Waals surface area contributed by atoms with Crippen LogP contribution in [0.5, 0.6) is 0 Å². The fourth-order valence-corrected chi connectivity index (χ4v) is 1.59. The van der Waals surface area contributed by atoms with E-state index in [2.05, 4.69) is 41.4 Å². The number of guanidine groups is 1. The van der Waals surface area contributed by atoms with Gasteiger partial charge in [0.1, 0.15) is 5.01 Å². The Balaban J connectivity index is 0.00000225. The van der Waals surface area contributed by atoms with Crippen LogP contribution < -0.4 is 10.6 Å². The third-order valence-electron chi connectivity index (χ3n) is 1.61. The molecule has 1 aromatic rings. The van der Waals surface area contributed by atoms with Gasteiger partial charge in [0, 0.05) is 24.2 Å². The molecule has 0 radical (unpaired) electrons. The molecule has 0 saturated carbocycles. The fourth-order valence-electron chi connectivity index (χ4n) is 1.03. The highest BCUT2D eigenvalue weighted by molar-refractivity contribution is 14.0. The van der Waals surface area contributed by atoms with E-state index in [1.165, 1.54) is 0 Å². The second-order valence-corrected chi connectivity index (χ2v) is 5.21. The predicted molar refractivity (Wildman–Crippen MR) is 80.6 cm³/mol. The highest BCUT2D eigenvalue weighted by atomic mass is 127. The van der Waals surface area contributed by atoms with Crippen molar-refractivity contribution in [3.8, 4) is 0 Å². The molecular weight excluding hydrogens is 335 g/mol. The number of rotatable bonds is 2. The topological polar surface area (TPSA) is 49.3 Å². The SMILES string of the molecule is CN=C(NCc1nccs1)NC(C)(C)C.I. The number of hydrogen-bond donors (Lipinski definition) is 2. The summed E-state index contributed by atoms with van der Waals surface area (Å²) in [5, 5.41) is 9.53. The molecule has 0 fully saturated rings. The Labute approximate surface area is 118 Å². The average Bonchev–Trinajstić information content (AvgIpc) is 2.62. The number of thiazole rings is 1. The van der Waals surface area contributed by atoms with E-state index in [4.69, 9.17) is 0 Å². The number of aromatic nitrogens is 1. The lowest BCUT2D eigenvalue weighted by Gasteiger charge is -2.23. The number of hydrogen-bond acceptors (Lipinski definition) is 3. The predicted octanol–water partition coefficient (Wildman–Crippen LogP) is 2.22. The lowest BCUT2D eigenvalue weighted by Crippen LogP contribution is -2.47. The molecule has 92 valence electrons. The van der Waals surface area contributed by atoms with Gasteiger partial charge in [0.05, 0.1) is 6.54 Å². The molecule has 0 saturated heterocycles. The molecule has 1 heterocycles. The quantitative estimate of drug-likeness (QED) is 0.487. The monoisotopic (exact) mass is 354 g/mol. The number of nitrogens with zero attached hydrogens (tertiary/aromatic N) is 2. The van der Waals surface area contributed by atoms with Crippen LogP contribution in [0.25, 0.3) is 0 Å². The molecule has 0 spiro atoms. The molecule has 0 unspecified atom stereocenters. The van der Waals surface area contributed by atoms with Crippen molar-refractivity contribution in [2.45, 2.75) is 32.9 Å². The molecule has 1 rings (SSSR count). The van der Waals surface area contributed by atoms with Crippen LogP contribution >= 0.6 is 35.3 Å². The summed E-state index contributed by atoms with van der Waals surface area (Å²) in [6, 6.07) is 0. The van der Waals surface area contributed by atoms with E-state index in [1.54, 1.807) is 18.4 Å². The largest absolute Gasteiger partial charge is 0.352 e. The smallest absolute Gasteiger partial charge is 0.191 e. The van der Waals surface area contributed by atoms with Crippen LogP contribution in [0.4, 0.5) is 0 Å². The van der Waals surface area contributed by atoms with Crippen LogP contribution in [-0.2, 0) is 6.54 Å². The summed E-state index contributed by atoms with van der Waals surface area (Å²) < 4.78 is 0. The minimum Gasteiger partial charge on any atom is -0.352 e. The normalized spacial score (nSPS) is 11.9. The molecule has 0 aliphatic rings. The van der Waals surface area contributed by atoms with E-state index >= 15 is 0 Å². The van der Waals surface area contributed by atoms with E-state index in [-0.39, 0.29) is 29.5 Å². The summed E-state index contributed by atoms with van der Waals surface area (Å²) in [4.78, 5) is 8.34. The zero-order valence-corrected chi connectivity index (χ0v) is 13.2. The third kappa shape index (κ3) is 6.26. The Morgan fingerprint density at radius 3 is 2.62 bits per heavy atom. The standard InChI is InChI=1S/C10H18N4S.HI/c1-10(2,3)14-9(11-4)13-7-8-12-5-6-15-8;/h5-6H,7H2,1-4H3,(H2,11,13,14);1H. The summed E-state index contributed by atoms with van der Waals surface area (Å²) in [6.45, 7) is 7.02. The highest BCUT2D eigenvalue weighted by Crippen LogP contribution is 2.03. The first-order chi connectivity index (χ1) is 7.01. The van der Waals surface area contributed by atoms with Crippen molar-refractivity contribution < 1.29 is 0 Å². The molecule has 0 aliphatic heterocycles. The van der Waals surface area contributed by atoms with Crippen LogP contribution in [0, 0.1) is 0 Å². The lowest BCUT2D eigenvalue weighted by molar-refractivity contribution is 0.501. The number of nitrogens with one attached hydrogen (secondary N) is 2. The van der Waals surface area contributed by atoms with E-state index in [9.17, 15) is 0 Å². The van der Waals surface area contributed by atoms with Gasteiger partial charge < -0.3 is 10.6 Å². The van der Waals surface area contributed by atoms with Gasteiger partial charge >= 0.3 is 0 Å². The maximum atomic E-state index is 4.19. The van der Waals surface area contributed by atoms with Gasteiger partial charge in [0.2, 0.25) is 0 Å². The molecule has 0 bridgehead atoms. The highest BCUT2D eigenvalue weighted by Gasteiger charge is 2.11. The second-order valence-electron chi connectivity index (χ2n) is 4.23. The fraction of sp³-hybridized carbons (Fsp3) is 0.600. The van der Waals surface area contributed by atoms with Crippen molar-refractivity contribution in [1.29, 1.82) is 0 Å². The lowest BCUT2D eigenvalue weighted by atomic mass is 10.1. The van der Waals surface area contributed by atoms with Gasteiger partial charge in [-0.2, -0.15) is 0 Å². The van der Waals surface area contributed by atoms with Gasteiger partial charge in [-0.3, -0.25) is 4.99 Å². The minimum absolute atomic E-state index is 0. The van der Waals surface area contributed by atoms with Crippen molar-refractivity contribution in [3.05, 3.63) is 16.6 Å². The van der Waals surface area contributed by atoms with Gasteiger partial charge in [0.15, 0.2) is 5.96 Å². The number of halogens is 1. The molecule has 0 amide bonds. The Morgan fingerprint density at radius 2 is 2.19 bits per heavy atom. The summed E-state index contributed by atoms with van der Waals surface area (Å²) in [7, 11) is 1.77. The molecule has 0 aliphatic carbocycles. The second kappa shape index (κ2) is 7.05. The van der Waals surface area contributed by atoms with Crippen LogP contribution in [-0.4, -0.2) is 23.5 Å². The van der Waals surface area contributed by atoms with Gasteiger partial charge in [0.25, 0.3) is 0 Å². The average molecular weight is 354 g/mol. The molecule has 2 N–H and O–H groups in total. The van der Waals surface area contributed by atoms with Crippen LogP contribution in [0.15, 0.2) is 16.6 Å². The van der Waals surface area contributed by atoms with Crippen molar-refractivity contribution in [2.24, 2.45) is 4.99 Å². The summed E-state index contributed by atoms with van der Waals surface area (Å²) in [6.07, 6.45) is 1.81. The van der Waals surface area contributed by atoms with Crippen molar-refractivity contribution >= 4 is 41.3 Å². The van der Waals surface area contributed by atoms with Gasteiger partial charge in [-0.1, -0.05) is 0 Å². The molecule has 1 aromatic heterocycles. The third-order valence-corrected chi connectivity index (χ3v) is 2.39. The van der Waals surface area contributed by atoms with Crippen molar-refractivity contribution in [1.82, 2.24) is 15.6 Å². The first-order valence-corrected chi connectivity index (χ1v) is 5.76. The Morgan fingerprint density at radius 1 is 1.50 bits per heavy atom. The molecule has 0 atom stereocenters. The van der Waals surface area contributed by atoms with E-state index in [1.807, 2.05) is 11.6 Å². The molecule has 16 heavy (non-hydrogen) atoms. The maximum absolute atomic E-state index is 4.19. The summed E-state index contributed by atoms with van der Waals surface area (Å²) >= 11 is 1.64. The first kappa shape index (κ1) is 15.6. The molecule has 0 aromatic carbocycles. The molecule has 6 heteroatoms.